The predicted octanol–water partition coefficient (Wildman–Crippen LogP) is 6.56. The van der Waals surface area contributed by atoms with Crippen LogP contribution in [0.2, 0.25) is 0 Å². The number of aliphatic hydroxyl groups is 1. The maximum atomic E-state index is 11.9. The Morgan fingerprint density at radius 1 is 0.912 bits per heavy atom. The van der Waals surface area contributed by atoms with Crippen molar-refractivity contribution >= 4 is 5.57 Å². The Hall–Kier alpha value is -2.88. The highest BCUT2D eigenvalue weighted by Gasteiger charge is 2.36. The summed E-state index contributed by atoms with van der Waals surface area (Å²) in [6.07, 6.45) is 3.66. The third-order valence-electron chi connectivity index (χ3n) is 7.06. The monoisotopic (exact) mass is 455 g/mol. The molecule has 0 aliphatic heterocycles. The van der Waals surface area contributed by atoms with Gasteiger partial charge in [0.25, 0.3) is 0 Å². The lowest BCUT2D eigenvalue weighted by Crippen LogP contribution is -2.30. The molecule has 3 aromatic carbocycles. The summed E-state index contributed by atoms with van der Waals surface area (Å²) in [6.45, 7) is 10.1. The molecule has 2 atom stereocenters. The van der Waals surface area contributed by atoms with Gasteiger partial charge in [0.05, 0.1) is 0 Å². The van der Waals surface area contributed by atoms with Gasteiger partial charge in [-0.1, -0.05) is 86.1 Å². The summed E-state index contributed by atoms with van der Waals surface area (Å²) < 4.78 is 5.98. The molecule has 3 aromatic rings. The van der Waals surface area contributed by atoms with Gasteiger partial charge in [-0.05, 0) is 79.2 Å². The molecule has 0 spiro atoms. The van der Waals surface area contributed by atoms with Gasteiger partial charge in [-0.3, -0.25) is 0 Å². The molecular weight excluding hydrogens is 418 g/mol. The van der Waals surface area contributed by atoms with Crippen molar-refractivity contribution in [3.8, 4) is 5.75 Å². The van der Waals surface area contributed by atoms with E-state index in [1.807, 2.05) is 6.07 Å². The smallest absolute Gasteiger partial charge is 0.119 e. The molecule has 3 nitrogen and oxygen atoms in total. The summed E-state index contributed by atoms with van der Waals surface area (Å²) in [5, 5.41) is 11.9. The van der Waals surface area contributed by atoms with Crippen molar-refractivity contribution in [3.63, 3.8) is 0 Å². The minimum atomic E-state index is -0.999. The molecule has 3 heteroatoms. The average Bonchev–Trinajstić information content (AvgIpc) is 2.87. The largest absolute Gasteiger partial charge is 0.492 e. The van der Waals surface area contributed by atoms with Crippen LogP contribution in [0.25, 0.3) is 5.57 Å². The number of hydrogen-bond acceptors (Lipinski definition) is 3. The lowest BCUT2D eigenvalue weighted by atomic mass is 9.72. The van der Waals surface area contributed by atoms with Gasteiger partial charge in [0.15, 0.2) is 0 Å². The summed E-state index contributed by atoms with van der Waals surface area (Å²) >= 11 is 0. The zero-order valence-corrected chi connectivity index (χ0v) is 20.7. The molecule has 0 bridgehead atoms. The Morgan fingerprint density at radius 3 is 2.24 bits per heavy atom. The third-order valence-corrected chi connectivity index (χ3v) is 7.06. The van der Waals surface area contributed by atoms with Crippen LogP contribution in [0, 0.1) is 6.92 Å². The molecule has 0 fully saturated rings. The van der Waals surface area contributed by atoms with Gasteiger partial charge in [-0.15, -0.1) is 0 Å². The van der Waals surface area contributed by atoms with E-state index in [9.17, 15) is 5.11 Å². The Bertz CT molecular complexity index is 1070. The minimum absolute atomic E-state index is 0.248. The molecular formula is C31H37NO2. The van der Waals surface area contributed by atoms with Crippen LogP contribution < -0.4 is 4.74 Å². The maximum Gasteiger partial charge on any atom is 0.119 e. The summed E-state index contributed by atoms with van der Waals surface area (Å²) in [5.74, 6) is 1.14. The zero-order valence-electron chi connectivity index (χ0n) is 20.7. The first-order chi connectivity index (χ1) is 16.5. The number of aryl methyl sites for hydroxylation is 1. The minimum Gasteiger partial charge on any atom is -0.492 e. The molecule has 178 valence electrons. The number of rotatable bonds is 9. The van der Waals surface area contributed by atoms with E-state index in [-0.39, 0.29) is 5.92 Å². The van der Waals surface area contributed by atoms with E-state index in [1.165, 1.54) is 16.7 Å². The van der Waals surface area contributed by atoms with E-state index >= 15 is 0 Å². The van der Waals surface area contributed by atoms with Crippen molar-refractivity contribution in [1.82, 2.24) is 4.90 Å². The highest BCUT2D eigenvalue weighted by atomic mass is 16.5. The fourth-order valence-corrected chi connectivity index (χ4v) is 4.92. The molecule has 4 rings (SSSR count). The predicted molar refractivity (Wildman–Crippen MR) is 141 cm³/mol. The molecule has 0 saturated carbocycles. The first-order valence-electron chi connectivity index (χ1n) is 12.5. The molecule has 2 unspecified atom stereocenters. The average molecular weight is 456 g/mol. The van der Waals surface area contributed by atoms with E-state index < -0.39 is 5.60 Å². The van der Waals surface area contributed by atoms with Crippen LogP contribution in [0.15, 0.2) is 84.9 Å². The van der Waals surface area contributed by atoms with Crippen molar-refractivity contribution in [1.29, 1.82) is 0 Å². The SMILES string of the molecule is CCN(CC)CCOc1ccc(C2=CC(O)(c3ccc(C)cc3)CC(c3ccccc3)C2)cc1. The Labute approximate surface area is 204 Å². The normalized spacial score (nSPS) is 20.3. The summed E-state index contributed by atoms with van der Waals surface area (Å²) in [7, 11) is 0. The summed E-state index contributed by atoms with van der Waals surface area (Å²) in [6, 6.07) is 27.2. The second-order valence-electron chi connectivity index (χ2n) is 9.38. The third kappa shape index (κ3) is 5.78. The van der Waals surface area contributed by atoms with Crippen molar-refractivity contribution in [2.45, 2.75) is 45.1 Å². The molecule has 1 N–H and O–H groups in total. The van der Waals surface area contributed by atoms with E-state index in [0.29, 0.717) is 13.0 Å². The van der Waals surface area contributed by atoms with Gasteiger partial charge in [0.1, 0.15) is 18.0 Å². The van der Waals surface area contributed by atoms with Gasteiger partial charge in [-0.25, -0.2) is 0 Å². The van der Waals surface area contributed by atoms with Crippen LogP contribution in [0.1, 0.15) is 54.9 Å². The van der Waals surface area contributed by atoms with Crippen LogP contribution in [0.4, 0.5) is 0 Å². The van der Waals surface area contributed by atoms with Gasteiger partial charge in [-0.2, -0.15) is 0 Å². The first-order valence-corrected chi connectivity index (χ1v) is 12.5. The van der Waals surface area contributed by atoms with Gasteiger partial charge in [0.2, 0.25) is 0 Å². The van der Waals surface area contributed by atoms with Gasteiger partial charge in [0, 0.05) is 6.54 Å². The maximum absolute atomic E-state index is 11.9. The van der Waals surface area contributed by atoms with E-state index in [0.717, 1.165) is 42.9 Å². The topological polar surface area (TPSA) is 32.7 Å². The second-order valence-corrected chi connectivity index (χ2v) is 9.38. The Morgan fingerprint density at radius 2 is 1.59 bits per heavy atom. The Kier molecular flexibility index (Phi) is 7.87. The second kappa shape index (κ2) is 11.0. The van der Waals surface area contributed by atoms with Gasteiger partial charge >= 0.3 is 0 Å². The molecule has 0 saturated heterocycles. The summed E-state index contributed by atoms with van der Waals surface area (Å²) in [5.41, 5.74) is 4.74. The van der Waals surface area contributed by atoms with Gasteiger partial charge < -0.3 is 14.7 Å². The fourth-order valence-electron chi connectivity index (χ4n) is 4.92. The highest BCUT2D eigenvalue weighted by Crippen LogP contribution is 2.46. The first kappa shape index (κ1) is 24.3. The van der Waals surface area contributed by atoms with Crippen molar-refractivity contribution in [2.24, 2.45) is 0 Å². The molecule has 0 aromatic heterocycles. The zero-order chi connectivity index (χ0) is 24.0. The van der Waals surface area contributed by atoms with Crippen LogP contribution in [-0.4, -0.2) is 36.2 Å². The lowest BCUT2D eigenvalue weighted by molar-refractivity contribution is 0.0672. The Balaban J connectivity index is 1.58. The van der Waals surface area contributed by atoms with Crippen LogP contribution in [0.3, 0.4) is 0 Å². The standard InChI is InChI=1S/C31H37NO2/c1-4-32(5-2)19-20-34-30-17-13-26(14-18-30)28-21-27(25-9-7-6-8-10-25)22-31(33,23-28)29-15-11-24(3)12-16-29/h6-18,23,27,33H,4-5,19-22H2,1-3H3. The number of nitrogens with zero attached hydrogens (tertiary/aromatic N) is 1. The van der Waals surface area contributed by atoms with Crippen LogP contribution in [-0.2, 0) is 5.60 Å². The number of ether oxygens (including phenoxy) is 1. The molecule has 0 radical (unpaired) electrons. The number of allylic oxidation sites excluding steroid dienone is 1. The molecule has 1 aliphatic carbocycles. The van der Waals surface area contributed by atoms with Crippen LogP contribution in [0.5, 0.6) is 5.75 Å². The van der Waals surface area contributed by atoms with E-state index in [4.69, 9.17) is 4.74 Å². The molecule has 34 heavy (non-hydrogen) atoms. The highest BCUT2D eigenvalue weighted by molar-refractivity contribution is 5.69. The molecule has 0 amide bonds. The van der Waals surface area contributed by atoms with Crippen molar-refractivity contribution in [3.05, 3.63) is 107 Å². The molecule has 0 heterocycles. The van der Waals surface area contributed by atoms with E-state index in [1.54, 1.807) is 0 Å². The quantitative estimate of drug-likeness (QED) is 0.396. The summed E-state index contributed by atoms with van der Waals surface area (Å²) in [4.78, 5) is 2.36. The van der Waals surface area contributed by atoms with Crippen LogP contribution >= 0.6 is 0 Å². The number of hydrogen-bond donors (Lipinski definition) is 1. The van der Waals surface area contributed by atoms with Crippen molar-refractivity contribution in [2.75, 3.05) is 26.2 Å². The fraction of sp³-hybridized carbons (Fsp3) is 0.355. The van der Waals surface area contributed by atoms with E-state index in [2.05, 4.69) is 105 Å². The lowest BCUT2D eigenvalue weighted by Gasteiger charge is -2.36. The number of benzene rings is 3. The van der Waals surface area contributed by atoms with Crippen molar-refractivity contribution < 1.29 is 9.84 Å². The molecule has 1 aliphatic rings. The number of likely N-dealkylation sites (N-methyl/N-ethyl adjacent to an activating group) is 1.